The van der Waals surface area contributed by atoms with Crippen LogP contribution < -0.4 is 0 Å². The lowest BCUT2D eigenvalue weighted by molar-refractivity contribution is 0.243. The van der Waals surface area contributed by atoms with Crippen molar-refractivity contribution in [2.24, 2.45) is 5.92 Å². The fourth-order valence-electron chi connectivity index (χ4n) is 1.67. The average Bonchev–Trinajstić information content (AvgIpc) is 2.05. The Morgan fingerprint density at radius 1 is 1.38 bits per heavy atom. The highest BCUT2D eigenvalue weighted by Gasteiger charge is 2.11. The van der Waals surface area contributed by atoms with Gasteiger partial charge in [-0.25, -0.2) is 0 Å². The van der Waals surface area contributed by atoms with Crippen molar-refractivity contribution in [1.29, 1.82) is 0 Å². The summed E-state index contributed by atoms with van der Waals surface area (Å²) in [6, 6.07) is 0.609. The normalized spacial score (nSPS) is 15.4. The van der Waals surface area contributed by atoms with Crippen LogP contribution in [0.15, 0.2) is 0 Å². The van der Waals surface area contributed by atoms with Gasteiger partial charge in [-0.3, -0.25) is 4.90 Å². The molecule has 0 aliphatic rings. The summed E-state index contributed by atoms with van der Waals surface area (Å²) in [6.07, 6.45) is 9.13. The van der Waals surface area contributed by atoms with E-state index >= 15 is 0 Å². The molecule has 2 unspecified atom stereocenters. The average molecular weight is 181 g/mol. The summed E-state index contributed by atoms with van der Waals surface area (Å²) in [6.45, 7) is 7.58. The van der Waals surface area contributed by atoms with E-state index in [1.54, 1.807) is 0 Å². The second-order valence-electron chi connectivity index (χ2n) is 4.10. The minimum absolute atomic E-state index is 0.609. The van der Waals surface area contributed by atoms with E-state index in [4.69, 9.17) is 6.42 Å². The number of rotatable bonds is 6. The van der Waals surface area contributed by atoms with Crippen molar-refractivity contribution >= 4 is 0 Å². The molecule has 0 aromatic rings. The van der Waals surface area contributed by atoms with Gasteiger partial charge in [0.05, 0.1) is 6.54 Å². The summed E-state index contributed by atoms with van der Waals surface area (Å²) in [7, 11) is 2.10. The Kier molecular flexibility index (Phi) is 6.72. The molecule has 0 amide bonds. The molecule has 0 radical (unpaired) electrons. The molecule has 0 aliphatic carbocycles. The second-order valence-corrected chi connectivity index (χ2v) is 4.10. The van der Waals surface area contributed by atoms with Crippen LogP contribution in [0.4, 0.5) is 0 Å². The number of nitrogens with zero attached hydrogens (tertiary/aromatic N) is 1. The van der Waals surface area contributed by atoms with E-state index in [1.807, 2.05) is 0 Å². The first-order chi connectivity index (χ1) is 6.11. The summed E-state index contributed by atoms with van der Waals surface area (Å²) >= 11 is 0. The highest BCUT2D eigenvalue weighted by Crippen LogP contribution is 2.14. The lowest BCUT2D eigenvalue weighted by atomic mass is 9.97. The zero-order valence-corrected chi connectivity index (χ0v) is 9.51. The minimum atomic E-state index is 0.609. The maximum Gasteiger partial charge on any atom is 0.0598 e. The SMILES string of the molecule is C#CCN(C)C(C)CC(C)CCC. The van der Waals surface area contributed by atoms with Crippen molar-refractivity contribution in [2.75, 3.05) is 13.6 Å². The fourth-order valence-corrected chi connectivity index (χ4v) is 1.67. The van der Waals surface area contributed by atoms with Crippen molar-refractivity contribution in [3.63, 3.8) is 0 Å². The van der Waals surface area contributed by atoms with Gasteiger partial charge in [0.1, 0.15) is 0 Å². The van der Waals surface area contributed by atoms with Gasteiger partial charge in [-0.1, -0.05) is 32.6 Å². The molecule has 0 rings (SSSR count). The zero-order chi connectivity index (χ0) is 10.3. The predicted molar refractivity (Wildman–Crippen MR) is 59.6 cm³/mol. The van der Waals surface area contributed by atoms with Gasteiger partial charge in [0.25, 0.3) is 0 Å². The van der Waals surface area contributed by atoms with Crippen LogP contribution in [0.2, 0.25) is 0 Å². The Hall–Kier alpha value is -0.480. The van der Waals surface area contributed by atoms with Crippen LogP contribution in [0.3, 0.4) is 0 Å². The summed E-state index contributed by atoms with van der Waals surface area (Å²) in [5.74, 6) is 3.50. The molecule has 76 valence electrons. The van der Waals surface area contributed by atoms with Crippen molar-refractivity contribution < 1.29 is 0 Å². The standard InChI is InChI=1S/C12H23N/c1-6-8-11(3)10-12(4)13(5)9-7-2/h2,11-12H,6,8-10H2,1,3-5H3. The molecule has 0 aromatic heterocycles. The molecule has 13 heavy (non-hydrogen) atoms. The van der Waals surface area contributed by atoms with Gasteiger partial charge in [-0.2, -0.15) is 0 Å². The molecule has 0 spiro atoms. The number of terminal acetylenes is 1. The van der Waals surface area contributed by atoms with E-state index in [0.717, 1.165) is 12.5 Å². The molecule has 0 fully saturated rings. The van der Waals surface area contributed by atoms with Crippen LogP contribution in [-0.4, -0.2) is 24.5 Å². The molecule has 0 bridgehead atoms. The molecule has 0 aliphatic heterocycles. The third kappa shape index (κ3) is 5.71. The highest BCUT2D eigenvalue weighted by atomic mass is 15.1. The molecule has 1 nitrogen and oxygen atoms in total. The lowest BCUT2D eigenvalue weighted by Gasteiger charge is -2.25. The minimum Gasteiger partial charge on any atom is -0.293 e. The molecular formula is C12H23N. The quantitative estimate of drug-likeness (QED) is 0.570. The van der Waals surface area contributed by atoms with Crippen molar-refractivity contribution in [1.82, 2.24) is 4.90 Å². The topological polar surface area (TPSA) is 3.24 Å². The third-order valence-corrected chi connectivity index (χ3v) is 2.62. The summed E-state index contributed by atoms with van der Waals surface area (Å²) in [5, 5.41) is 0. The molecule has 0 saturated heterocycles. The van der Waals surface area contributed by atoms with Crippen LogP contribution in [-0.2, 0) is 0 Å². The van der Waals surface area contributed by atoms with Gasteiger partial charge in [-0.05, 0) is 26.3 Å². The molecule has 0 heterocycles. The van der Waals surface area contributed by atoms with Crippen LogP contribution >= 0.6 is 0 Å². The van der Waals surface area contributed by atoms with Crippen molar-refractivity contribution in [3.05, 3.63) is 0 Å². The largest absolute Gasteiger partial charge is 0.293 e. The molecule has 0 aromatic carbocycles. The molecular weight excluding hydrogens is 158 g/mol. The Balaban J connectivity index is 3.72. The zero-order valence-electron chi connectivity index (χ0n) is 9.51. The second kappa shape index (κ2) is 6.97. The first-order valence-electron chi connectivity index (χ1n) is 5.25. The number of hydrogen-bond acceptors (Lipinski definition) is 1. The van der Waals surface area contributed by atoms with Gasteiger partial charge in [-0.15, -0.1) is 6.42 Å². The van der Waals surface area contributed by atoms with E-state index in [0.29, 0.717) is 6.04 Å². The van der Waals surface area contributed by atoms with Crippen LogP contribution in [0.5, 0.6) is 0 Å². The van der Waals surface area contributed by atoms with E-state index in [9.17, 15) is 0 Å². The van der Waals surface area contributed by atoms with Gasteiger partial charge in [0.15, 0.2) is 0 Å². The first-order valence-corrected chi connectivity index (χ1v) is 5.25. The van der Waals surface area contributed by atoms with Crippen LogP contribution in [0, 0.1) is 18.3 Å². The smallest absolute Gasteiger partial charge is 0.0598 e. The Bertz CT molecular complexity index is 157. The third-order valence-electron chi connectivity index (χ3n) is 2.62. The Morgan fingerprint density at radius 2 is 2.00 bits per heavy atom. The van der Waals surface area contributed by atoms with Gasteiger partial charge in [0.2, 0.25) is 0 Å². The Labute approximate surface area is 83.5 Å². The molecule has 2 atom stereocenters. The fraction of sp³-hybridized carbons (Fsp3) is 0.833. The van der Waals surface area contributed by atoms with E-state index in [2.05, 4.69) is 38.6 Å². The summed E-state index contributed by atoms with van der Waals surface area (Å²) in [5.41, 5.74) is 0. The summed E-state index contributed by atoms with van der Waals surface area (Å²) < 4.78 is 0. The summed E-state index contributed by atoms with van der Waals surface area (Å²) in [4.78, 5) is 2.24. The van der Waals surface area contributed by atoms with E-state index in [-0.39, 0.29) is 0 Å². The van der Waals surface area contributed by atoms with Crippen LogP contribution in [0.25, 0.3) is 0 Å². The van der Waals surface area contributed by atoms with Crippen molar-refractivity contribution in [2.45, 2.75) is 46.1 Å². The van der Waals surface area contributed by atoms with E-state index in [1.165, 1.54) is 19.3 Å². The maximum absolute atomic E-state index is 5.27. The van der Waals surface area contributed by atoms with Gasteiger partial charge < -0.3 is 0 Å². The molecule has 1 heteroatoms. The van der Waals surface area contributed by atoms with Crippen LogP contribution in [0.1, 0.15) is 40.0 Å². The van der Waals surface area contributed by atoms with E-state index < -0.39 is 0 Å². The molecule has 0 N–H and O–H groups in total. The predicted octanol–water partition coefficient (Wildman–Crippen LogP) is 2.77. The lowest BCUT2D eigenvalue weighted by Crippen LogP contribution is -2.30. The Morgan fingerprint density at radius 3 is 2.46 bits per heavy atom. The van der Waals surface area contributed by atoms with Gasteiger partial charge >= 0.3 is 0 Å². The molecule has 0 saturated carbocycles. The monoisotopic (exact) mass is 181 g/mol. The first kappa shape index (κ1) is 12.5. The highest BCUT2D eigenvalue weighted by molar-refractivity contribution is 4.88. The maximum atomic E-state index is 5.27. The van der Waals surface area contributed by atoms with Crippen molar-refractivity contribution in [3.8, 4) is 12.3 Å². The van der Waals surface area contributed by atoms with Gasteiger partial charge in [0, 0.05) is 6.04 Å². The number of hydrogen-bond donors (Lipinski definition) is 0.